The average Bonchev–Trinajstić information content (AvgIpc) is 2.63. The molecule has 1 heterocycles. The Hall–Kier alpha value is -1.73. The second-order valence-electron chi connectivity index (χ2n) is 6.68. The summed E-state index contributed by atoms with van der Waals surface area (Å²) < 4.78 is 26.2. The Kier molecular flexibility index (Phi) is 10.3. The highest BCUT2D eigenvalue weighted by atomic mass is 35.5. The molecule has 2 rings (SSSR count). The minimum atomic E-state index is -0.863. The minimum Gasteiger partial charge on any atom is -0.354 e. The first-order valence-electron chi connectivity index (χ1n) is 9.21. The van der Waals surface area contributed by atoms with Crippen molar-refractivity contribution in [1.29, 1.82) is 0 Å². The zero-order valence-corrected chi connectivity index (χ0v) is 16.2. The quantitative estimate of drug-likeness (QED) is 0.700. The molecule has 1 fully saturated rings. The number of aryl methyl sites for hydroxylation is 1. The maximum absolute atomic E-state index is 13.2. The van der Waals surface area contributed by atoms with Gasteiger partial charge in [0.15, 0.2) is 11.6 Å². The summed E-state index contributed by atoms with van der Waals surface area (Å²) in [6, 6.07) is 3.84. The van der Waals surface area contributed by atoms with E-state index in [0.29, 0.717) is 44.5 Å². The summed E-state index contributed by atoms with van der Waals surface area (Å²) in [5.74, 6) is -1.77. The summed E-state index contributed by atoms with van der Waals surface area (Å²) in [6.45, 7) is 1.46. The summed E-state index contributed by atoms with van der Waals surface area (Å²) in [6.07, 6.45) is 4.61. The number of carbonyl (C=O) groups is 2. The fourth-order valence-electron chi connectivity index (χ4n) is 3.27. The molecule has 5 nitrogen and oxygen atoms in total. The Morgan fingerprint density at radius 3 is 2.67 bits per heavy atom. The number of nitrogens with zero attached hydrogens (tertiary/aromatic N) is 1. The first-order valence-corrected chi connectivity index (χ1v) is 9.21. The molecular formula is C19H28ClF2N3O2. The van der Waals surface area contributed by atoms with Gasteiger partial charge in [0.05, 0.1) is 0 Å². The lowest BCUT2D eigenvalue weighted by Crippen LogP contribution is -2.49. The van der Waals surface area contributed by atoms with Gasteiger partial charge in [0.2, 0.25) is 11.8 Å². The van der Waals surface area contributed by atoms with Gasteiger partial charge in [-0.25, -0.2) is 8.78 Å². The summed E-state index contributed by atoms with van der Waals surface area (Å²) in [4.78, 5) is 26.0. The number of hydrogen-bond acceptors (Lipinski definition) is 3. The normalized spacial score (nSPS) is 16.6. The summed E-state index contributed by atoms with van der Waals surface area (Å²) >= 11 is 0. The van der Waals surface area contributed by atoms with Crippen molar-refractivity contribution in [2.45, 2.75) is 51.0 Å². The van der Waals surface area contributed by atoms with Crippen LogP contribution in [0.5, 0.6) is 0 Å². The van der Waals surface area contributed by atoms with Gasteiger partial charge in [0.1, 0.15) is 0 Å². The molecule has 0 saturated carbocycles. The van der Waals surface area contributed by atoms with Crippen LogP contribution in [0.2, 0.25) is 0 Å². The average molecular weight is 404 g/mol. The van der Waals surface area contributed by atoms with Gasteiger partial charge in [-0.05, 0) is 49.8 Å². The van der Waals surface area contributed by atoms with Gasteiger partial charge in [-0.1, -0.05) is 6.07 Å². The molecule has 2 amide bonds. The van der Waals surface area contributed by atoms with E-state index in [0.717, 1.165) is 25.3 Å². The van der Waals surface area contributed by atoms with Crippen molar-refractivity contribution < 1.29 is 18.4 Å². The summed E-state index contributed by atoms with van der Waals surface area (Å²) in [5, 5.41) is 2.84. The monoisotopic (exact) mass is 403 g/mol. The third-order valence-corrected chi connectivity index (χ3v) is 4.69. The Morgan fingerprint density at radius 1 is 1.19 bits per heavy atom. The molecule has 0 aromatic heterocycles. The molecule has 1 aromatic carbocycles. The third kappa shape index (κ3) is 7.42. The highest BCUT2D eigenvalue weighted by Gasteiger charge is 2.26. The van der Waals surface area contributed by atoms with Gasteiger partial charge in [0, 0.05) is 38.5 Å². The molecular weight excluding hydrogens is 376 g/mol. The fourth-order valence-corrected chi connectivity index (χ4v) is 3.27. The number of carbonyl (C=O) groups excluding carboxylic acids is 2. The van der Waals surface area contributed by atoms with Crippen molar-refractivity contribution >= 4 is 24.2 Å². The Balaban J connectivity index is 0.00000364. The van der Waals surface area contributed by atoms with Crippen LogP contribution in [0.15, 0.2) is 18.2 Å². The van der Waals surface area contributed by atoms with Crippen LogP contribution < -0.4 is 11.1 Å². The van der Waals surface area contributed by atoms with Crippen LogP contribution in [0.4, 0.5) is 8.78 Å². The van der Waals surface area contributed by atoms with E-state index in [2.05, 4.69) is 5.32 Å². The zero-order chi connectivity index (χ0) is 18.9. The number of hydrogen-bond donors (Lipinski definition) is 2. The predicted molar refractivity (Wildman–Crippen MR) is 103 cm³/mol. The summed E-state index contributed by atoms with van der Waals surface area (Å²) in [5.41, 5.74) is 6.05. The molecule has 0 aliphatic carbocycles. The number of halogens is 3. The first-order chi connectivity index (χ1) is 12.5. The lowest BCUT2D eigenvalue weighted by Gasteiger charge is -2.36. The fraction of sp³-hybridized carbons (Fsp3) is 0.579. The molecule has 1 atom stereocenters. The number of nitrogens with two attached hydrogens (primary N) is 1. The van der Waals surface area contributed by atoms with Crippen molar-refractivity contribution in [3.63, 3.8) is 0 Å². The van der Waals surface area contributed by atoms with Gasteiger partial charge in [-0.15, -0.1) is 12.4 Å². The number of amides is 2. The van der Waals surface area contributed by atoms with Gasteiger partial charge in [0.25, 0.3) is 0 Å². The molecule has 3 N–H and O–H groups in total. The van der Waals surface area contributed by atoms with E-state index in [1.807, 2.05) is 4.90 Å². The van der Waals surface area contributed by atoms with E-state index < -0.39 is 11.6 Å². The van der Waals surface area contributed by atoms with Crippen LogP contribution in [0.3, 0.4) is 0 Å². The molecule has 0 radical (unpaired) electrons. The lowest BCUT2D eigenvalue weighted by atomic mass is 10.0. The van der Waals surface area contributed by atoms with Crippen LogP contribution in [-0.2, 0) is 16.0 Å². The SMILES string of the molecule is Cl.NCCC(=O)NCC1CCCCN1C(=O)CCCc1ccc(F)c(F)c1. The van der Waals surface area contributed by atoms with Crippen molar-refractivity contribution in [2.24, 2.45) is 5.73 Å². The topological polar surface area (TPSA) is 75.4 Å². The highest BCUT2D eigenvalue weighted by Crippen LogP contribution is 2.19. The van der Waals surface area contributed by atoms with Crippen LogP contribution in [-0.4, -0.2) is 42.4 Å². The maximum atomic E-state index is 13.2. The van der Waals surface area contributed by atoms with Crippen molar-refractivity contribution in [2.75, 3.05) is 19.6 Å². The van der Waals surface area contributed by atoms with Crippen LogP contribution in [0.25, 0.3) is 0 Å². The lowest BCUT2D eigenvalue weighted by molar-refractivity contribution is -0.135. The van der Waals surface area contributed by atoms with Crippen molar-refractivity contribution in [3.8, 4) is 0 Å². The molecule has 1 aliphatic heterocycles. The smallest absolute Gasteiger partial charge is 0.222 e. The molecule has 27 heavy (non-hydrogen) atoms. The standard InChI is InChI=1S/C19H27F2N3O2.ClH/c20-16-8-7-14(12-17(16)21)4-3-6-19(26)24-11-2-1-5-15(24)13-23-18(25)9-10-22;/h7-8,12,15H,1-6,9-11,13,22H2,(H,23,25);1H. The van der Waals surface area contributed by atoms with Crippen LogP contribution in [0, 0.1) is 11.6 Å². The Bertz CT molecular complexity index is 631. The highest BCUT2D eigenvalue weighted by molar-refractivity contribution is 5.85. The molecule has 1 aliphatic rings. The number of nitrogens with one attached hydrogen (secondary N) is 1. The molecule has 1 unspecified atom stereocenters. The van der Waals surface area contributed by atoms with Crippen LogP contribution >= 0.6 is 12.4 Å². The number of likely N-dealkylation sites (tertiary alicyclic amines) is 1. The Morgan fingerprint density at radius 2 is 1.96 bits per heavy atom. The number of piperidine rings is 1. The van der Waals surface area contributed by atoms with Gasteiger partial charge in [-0.3, -0.25) is 9.59 Å². The molecule has 1 aromatic rings. The van der Waals surface area contributed by atoms with E-state index in [9.17, 15) is 18.4 Å². The van der Waals surface area contributed by atoms with Crippen LogP contribution in [0.1, 0.15) is 44.1 Å². The van der Waals surface area contributed by atoms with Gasteiger partial charge >= 0.3 is 0 Å². The first kappa shape index (κ1) is 23.3. The Labute approximate surface area is 165 Å². The van der Waals surface area contributed by atoms with Crippen molar-refractivity contribution in [3.05, 3.63) is 35.4 Å². The number of benzene rings is 1. The predicted octanol–water partition coefficient (Wildman–Crippen LogP) is 2.56. The van der Waals surface area contributed by atoms with Gasteiger partial charge in [-0.2, -0.15) is 0 Å². The number of rotatable bonds is 8. The maximum Gasteiger partial charge on any atom is 0.222 e. The second kappa shape index (κ2) is 11.9. The van der Waals surface area contributed by atoms with E-state index in [1.165, 1.54) is 6.07 Å². The zero-order valence-electron chi connectivity index (χ0n) is 15.4. The van der Waals surface area contributed by atoms with E-state index >= 15 is 0 Å². The minimum absolute atomic E-state index is 0. The van der Waals surface area contributed by atoms with Crippen molar-refractivity contribution in [1.82, 2.24) is 10.2 Å². The molecule has 8 heteroatoms. The van der Waals surface area contributed by atoms with E-state index in [4.69, 9.17) is 5.73 Å². The largest absolute Gasteiger partial charge is 0.354 e. The van der Waals surface area contributed by atoms with Gasteiger partial charge < -0.3 is 16.0 Å². The van der Waals surface area contributed by atoms with E-state index in [-0.39, 0.29) is 36.7 Å². The molecule has 1 saturated heterocycles. The second-order valence-corrected chi connectivity index (χ2v) is 6.68. The molecule has 0 spiro atoms. The summed E-state index contributed by atoms with van der Waals surface area (Å²) in [7, 11) is 0. The molecule has 152 valence electrons. The third-order valence-electron chi connectivity index (χ3n) is 4.69. The molecule has 0 bridgehead atoms. The van der Waals surface area contributed by atoms with E-state index in [1.54, 1.807) is 6.07 Å².